The Morgan fingerprint density at radius 1 is 1.33 bits per heavy atom. The van der Waals surface area contributed by atoms with Crippen molar-refractivity contribution in [3.8, 4) is 0 Å². The van der Waals surface area contributed by atoms with E-state index in [1.807, 2.05) is 27.8 Å². The number of halogens is 1. The van der Waals surface area contributed by atoms with E-state index in [4.69, 9.17) is 9.47 Å². The summed E-state index contributed by atoms with van der Waals surface area (Å²) in [6, 6.07) is 0. The van der Waals surface area contributed by atoms with Gasteiger partial charge in [-0.15, -0.1) is 0 Å². The Labute approximate surface area is 116 Å². The van der Waals surface area contributed by atoms with Crippen molar-refractivity contribution in [1.82, 2.24) is 9.97 Å². The third kappa shape index (κ3) is 3.40. The van der Waals surface area contributed by atoms with E-state index in [0.717, 1.165) is 16.0 Å². The smallest absolute Gasteiger partial charge is 0.162 e. The molecule has 0 radical (unpaired) electrons. The molecule has 0 aliphatic carbocycles. The fourth-order valence-corrected chi connectivity index (χ4v) is 2.08. The second-order valence-electron chi connectivity index (χ2n) is 4.28. The van der Waals surface area contributed by atoms with Crippen molar-refractivity contribution in [2.24, 2.45) is 0 Å². The number of rotatable bonds is 6. The minimum Gasteiger partial charge on any atom is -0.378 e. The highest BCUT2D eigenvalue weighted by molar-refractivity contribution is 9.10. The molecule has 1 heterocycles. The molecular formula is C12H20BrN3O2. The zero-order chi connectivity index (χ0) is 13.8. The maximum Gasteiger partial charge on any atom is 0.162 e. The second-order valence-corrected chi connectivity index (χ2v) is 5.08. The molecule has 0 aromatic carbocycles. The first-order valence-corrected chi connectivity index (χ1v) is 6.63. The molecule has 5 nitrogen and oxygen atoms in total. The molecule has 1 aromatic heterocycles. The minimum atomic E-state index is -0.524. The van der Waals surface area contributed by atoms with Crippen LogP contribution in [0.4, 0.5) is 5.82 Å². The Balaban J connectivity index is 3.24. The lowest BCUT2D eigenvalue weighted by molar-refractivity contribution is -0.0210. The summed E-state index contributed by atoms with van der Waals surface area (Å²) in [5.74, 6) is 1.38. The van der Waals surface area contributed by atoms with Crippen molar-refractivity contribution in [2.75, 3.05) is 26.1 Å². The monoisotopic (exact) mass is 317 g/mol. The number of nitrogens with zero attached hydrogens (tertiary/aromatic N) is 2. The minimum absolute atomic E-state index is 0.424. The zero-order valence-corrected chi connectivity index (χ0v) is 13.1. The Hall–Kier alpha value is -0.720. The third-order valence-electron chi connectivity index (χ3n) is 2.48. The van der Waals surface area contributed by atoms with Gasteiger partial charge in [-0.2, -0.15) is 0 Å². The normalized spacial score (nSPS) is 11.7. The van der Waals surface area contributed by atoms with Gasteiger partial charge in [-0.3, -0.25) is 0 Å². The molecular weight excluding hydrogens is 298 g/mol. The first-order chi connectivity index (χ1) is 8.46. The van der Waals surface area contributed by atoms with Gasteiger partial charge in [0.05, 0.1) is 16.8 Å². The molecule has 0 aliphatic heterocycles. The topological polar surface area (TPSA) is 56.3 Å². The molecule has 0 saturated carbocycles. The summed E-state index contributed by atoms with van der Waals surface area (Å²) in [7, 11) is 3.46. The number of nitrogens with one attached hydrogen (secondary N) is 1. The van der Waals surface area contributed by atoms with E-state index in [2.05, 4.69) is 31.2 Å². The van der Waals surface area contributed by atoms with Gasteiger partial charge >= 0.3 is 0 Å². The number of hydrogen-bond donors (Lipinski definition) is 1. The lowest BCUT2D eigenvalue weighted by Crippen LogP contribution is -2.26. The van der Waals surface area contributed by atoms with Gasteiger partial charge < -0.3 is 14.8 Å². The average molecular weight is 318 g/mol. The highest BCUT2D eigenvalue weighted by Gasteiger charge is 2.26. The summed E-state index contributed by atoms with van der Waals surface area (Å²) < 4.78 is 11.6. The Kier molecular flexibility index (Phi) is 5.49. The number of aromatic nitrogens is 2. The highest BCUT2D eigenvalue weighted by Crippen LogP contribution is 2.29. The summed E-state index contributed by atoms with van der Waals surface area (Å²) in [6.07, 6.45) is 0. The van der Waals surface area contributed by atoms with Crippen LogP contribution in [0.2, 0.25) is 0 Å². The van der Waals surface area contributed by atoms with Gasteiger partial charge in [-0.05, 0) is 36.7 Å². The summed E-state index contributed by atoms with van der Waals surface area (Å²) in [6.45, 7) is 6.90. The molecule has 0 aliphatic rings. The van der Waals surface area contributed by atoms with Crippen LogP contribution in [-0.4, -0.2) is 30.7 Å². The van der Waals surface area contributed by atoms with Crippen molar-refractivity contribution in [3.63, 3.8) is 0 Å². The Bertz CT molecular complexity index is 411. The molecule has 0 atom stereocenters. The van der Waals surface area contributed by atoms with Crippen LogP contribution in [0.1, 0.15) is 32.3 Å². The van der Waals surface area contributed by atoms with E-state index in [9.17, 15) is 0 Å². The Morgan fingerprint density at radius 3 is 2.50 bits per heavy atom. The van der Waals surface area contributed by atoms with Gasteiger partial charge in [-0.25, -0.2) is 9.97 Å². The van der Waals surface area contributed by atoms with Crippen LogP contribution < -0.4 is 5.32 Å². The fourth-order valence-electron chi connectivity index (χ4n) is 1.59. The molecule has 0 saturated heterocycles. The summed E-state index contributed by atoms with van der Waals surface area (Å²) in [5.41, 5.74) is 0.281. The number of hydrogen-bond acceptors (Lipinski definition) is 5. The maximum atomic E-state index is 5.68. The highest BCUT2D eigenvalue weighted by atomic mass is 79.9. The average Bonchev–Trinajstić information content (AvgIpc) is 2.31. The molecule has 0 fully saturated rings. The molecule has 6 heteroatoms. The van der Waals surface area contributed by atoms with Gasteiger partial charge in [0, 0.05) is 20.8 Å². The molecule has 0 amide bonds. The summed E-state index contributed by atoms with van der Waals surface area (Å²) in [5, 5.41) is 3.04. The first kappa shape index (κ1) is 15.3. The molecule has 1 rings (SSSR count). The van der Waals surface area contributed by atoms with Crippen LogP contribution in [0, 0.1) is 0 Å². The van der Waals surface area contributed by atoms with Gasteiger partial charge in [0.15, 0.2) is 5.82 Å². The lowest BCUT2D eigenvalue weighted by atomic mass is 10.1. The van der Waals surface area contributed by atoms with Gasteiger partial charge in [0.2, 0.25) is 0 Å². The van der Waals surface area contributed by atoms with E-state index in [1.165, 1.54) is 0 Å². The molecule has 1 N–H and O–H groups in total. The van der Waals surface area contributed by atoms with Crippen LogP contribution >= 0.6 is 15.9 Å². The fraction of sp³-hybridized carbons (Fsp3) is 0.667. The van der Waals surface area contributed by atoms with Gasteiger partial charge in [0.25, 0.3) is 0 Å². The predicted octanol–water partition coefficient (Wildman–Crippen LogP) is 2.70. The largest absolute Gasteiger partial charge is 0.378 e. The van der Waals surface area contributed by atoms with Crippen molar-refractivity contribution >= 4 is 21.7 Å². The molecule has 18 heavy (non-hydrogen) atoms. The maximum absolute atomic E-state index is 5.68. The van der Waals surface area contributed by atoms with Gasteiger partial charge in [-0.1, -0.05) is 0 Å². The number of anilines is 1. The van der Waals surface area contributed by atoms with Crippen molar-refractivity contribution in [3.05, 3.63) is 16.0 Å². The number of ether oxygens (including phenoxy) is 2. The van der Waals surface area contributed by atoms with E-state index in [1.54, 1.807) is 7.11 Å². The van der Waals surface area contributed by atoms with Crippen molar-refractivity contribution in [2.45, 2.75) is 33.0 Å². The lowest BCUT2D eigenvalue weighted by Gasteiger charge is -2.24. The van der Waals surface area contributed by atoms with Crippen LogP contribution in [0.3, 0.4) is 0 Å². The van der Waals surface area contributed by atoms with Crippen LogP contribution in [0.25, 0.3) is 0 Å². The van der Waals surface area contributed by atoms with Crippen LogP contribution in [0.15, 0.2) is 4.47 Å². The van der Waals surface area contributed by atoms with Gasteiger partial charge in [0.1, 0.15) is 11.4 Å². The van der Waals surface area contributed by atoms with Crippen molar-refractivity contribution in [1.29, 1.82) is 0 Å². The number of methoxy groups -OCH3 is 1. The van der Waals surface area contributed by atoms with E-state index in [0.29, 0.717) is 19.0 Å². The molecule has 0 bridgehead atoms. The Morgan fingerprint density at radius 2 is 2.00 bits per heavy atom. The van der Waals surface area contributed by atoms with Crippen LogP contribution in [-0.2, 0) is 21.7 Å². The molecule has 0 unspecified atom stereocenters. The van der Waals surface area contributed by atoms with Crippen molar-refractivity contribution < 1.29 is 9.47 Å². The van der Waals surface area contributed by atoms with E-state index in [-0.39, 0.29) is 0 Å². The predicted molar refractivity (Wildman–Crippen MR) is 74.6 cm³/mol. The van der Waals surface area contributed by atoms with E-state index >= 15 is 0 Å². The SMILES string of the molecule is CCOC(C)(C)c1nc(COC)c(Br)c(NC)n1. The molecule has 0 spiro atoms. The van der Waals surface area contributed by atoms with Crippen LogP contribution in [0.5, 0.6) is 0 Å². The quantitative estimate of drug-likeness (QED) is 0.874. The standard InChI is InChI=1S/C12H20BrN3O2/c1-6-18-12(2,3)11-15-8(7-17-5)9(13)10(14-4)16-11/h6-7H2,1-5H3,(H,14,15,16). The molecule has 1 aromatic rings. The van der Waals surface area contributed by atoms with E-state index < -0.39 is 5.60 Å². The summed E-state index contributed by atoms with van der Waals surface area (Å²) in [4.78, 5) is 8.99. The second kappa shape index (κ2) is 6.45. The zero-order valence-electron chi connectivity index (χ0n) is 11.5. The third-order valence-corrected chi connectivity index (χ3v) is 3.31. The first-order valence-electron chi connectivity index (χ1n) is 5.83. The molecule has 102 valence electrons. The summed E-state index contributed by atoms with van der Waals surface area (Å²) >= 11 is 3.47.